The average molecular weight is 353 g/mol. The lowest BCUT2D eigenvalue weighted by molar-refractivity contribution is 0.600. The number of aromatic nitrogens is 2. The first-order chi connectivity index (χ1) is 12.1. The van der Waals surface area contributed by atoms with Gasteiger partial charge in [-0.2, -0.15) is 0 Å². The Labute approximate surface area is 147 Å². The molecule has 2 aromatic carbocycles. The number of imidazole rings is 1. The molecule has 4 rings (SSSR count). The Morgan fingerprint density at radius 2 is 1.72 bits per heavy atom. The highest BCUT2D eigenvalue weighted by atomic mass is 32.2. The number of aromatic amines is 1. The van der Waals surface area contributed by atoms with E-state index in [9.17, 15) is 8.42 Å². The fourth-order valence-corrected chi connectivity index (χ4v) is 4.33. The van der Waals surface area contributed by atoms with Gasteiger partial charge in [0.15, 0.2) is 0 Å². The number of rotatable bonds is 4. The van der Waals surface area contributed by atoms with E-state index >= 15 is 0 Å². The largest absolute Gasteiger partial charge is 0.345 e. The van der Waals surface area contributed by atoms with Crippen molar-refractivity contribution in [1.29, 1.82) is 0 Å². The number of anilines is 1. The van der Waals surface area contributed by atoms with Crippen molar-refractivity contribution < 1.29 is 8.42 Å². The van der Waals surface area contributed by atoms with Crippen LogP contribution in [0.5, 0.6) is 0 Å². The van der Waals surface area contributed by atoms with Crippen molar-refractivity contribution in [2.24, 2.45) is 0 Å². The van der Waals surface area contributed by atoms with Crippen molar-refractivity contribution in [2.45, 2.75) is 30.6 Å². The molecule has 0 amide bonds. The van der Waals surface area contributed by atoms with Crippen LogP contribution in [0.25, 0.3) is 11.3 Å². The van der Waals surface area contributed by atoms with Crippen LogP contribution in [-0.2, 0) is 22.9 Å². The molecule has 3 aromatic rings. The van der Waals surface area contributed by atoms with E-state index in [-0.39, 0.29) is 0 Å². The van der Waals surface area contributed by atoms with E-state index in [1.807, 2.05) is 24.3 Å². The Morgan fingerprint density at radius 1 is 0.960 bits per heavy atom. The van der Waals surface area contributed by atoms with Gasteiger partial charge in [0.05, 0.1) is 23.1 Å². The predicted octanol–water partition coefficient (Wildman–Crippen LogP) is 3.76. The molecule has 0 bridgehead atoms. The molecule has 0 fully saturated rings. The quantitative estimate of drug-likeness (QED) is 0.750. The van der Waals surface area contributed by atoms with E-state index in [1.54, 1.807) is 30.7 Å². The van der Waals surface area contributed by atoms with Gasteiger partial charge in [0.1, 0.15) is 0 Å². The van der Waals surface area contributed by atoms with Crippen molar-refractivity contribution in [3.8, 4) is 11.3 Å². The van der Waals surface area contributed by atoms with Crippen LogP contribution in [0.15, 0.2) is 59.9 Å². The number of H-pyrrole nitrogens is 1. The van der Waals surface area contributed by atoms with E-state index in [1.165, 1.54) is 12.0 Å². The molecular formula is C19H19N3O2S. The van der Waals surface area contributed by atoms with Crippen LogP contribution in [0.4, 0.5) is 5.69 Å². The number of hydrogen-bond acceptors (Lipinski definition) is 3. The second kappa shape index (κ2) is 6.37. The molecule has 25 heavy (non-hydrogen) atoms. The summed E-state index contributed by atoms with van der Waals surface area (Å²) in [5, 5.41) is 0. The fraction of sp³-hybridized carbons (Fsp3) is 0.211. The first kappa shape index (κ1) is 15.9. The maximum Gasteiger partial charge on any atom is 0.261 e. The zero-order valence-electron chi connectivity index (χ0n) is 13.7. The van der Waals surface area contributed by atoms with Crippen LogP contribution < -0.4 is 4.72 Å². The molecule has 0 radical (unpaired) electrons. The van der Waals surface area contributed by atoms with E-state index in [0.717, 1.165) is 36.1 Å². The summed E-state index contributed by atoms with van der Waals surface area (Å²) in [6.07, 6.45) is 7.64. The standard InChI is InChI=1S/C19H19N3O2S/c23-25(24,18-10-7-14-3-1-2-4-16(14)11-18)22-17-8-5-15(6-9-17)19-12-20-13-21-19/h5-13,22H,1-4H2,(H,20,21). The first-order valence-electron chi connectivity index (χ1n) is 8.35. The summed E-state index contributed by atoms with van der Waals surface area (Å²) in [7, 11) is -3.58. The third-order valence-corrected chi connectivity index (χ3v) is 5.96. The summed E-state index contributed by atoms with van der Waals surface area (Å²) in [6.45, 7) is 0. The first-order valence-corrected chi connectivity index (χ1v) is 9.84. The Hall–Kier alpha value is -2.60. The van der Waals surface area contributed by atoms with Crippen molar-refractivity contribution >= 4 is 15.7 Å². The second-order valence-electron chi connectivity index (χ2n) is 6.29. The number of sulfonamides is 1. The van der Waals surface area contributed by atoms with Gasteiger partial charge in [-0.05, 0) is 66.6 Å². The number of fused-ring (bicyclic) bond motifs is 1. The van der Waals surface area contributed by atoms with E-state index < -0.39 is 10.0 Å². The SMILES string of the molecule is O=S(=O)(Nc1ccc(-c2cnc[nH]2)cc1)c1ccc2c(c1)CCCC2. The molecule has 0 unspecified atom stereocenters. The highest BCUT2D eigenvalue weighted by Crippen LogP contribution is 2.26. The third kappa shape index (κ3) is 3.30. The number of nitrogens with zero attached hydrogens (tertiary/aromatic N) is 1. The predicted molar refractivity (Wildman–Crippen MR) is 97.9 cm³/mol. The lowest BCUT2D eigenvalue weighted by Crippen LogP contribution is -2.14. The van der Waals surface area contributed by atoms with Crippen LogP contribution in [0, 0.1) is 0 Å². The van der Waals surface area contributed by atoms with Gasteiger partial charge in [0.2, 0.25) is 0 Å². The summed E-state index contributed by atoms with van der Waals surface area (Å²) >= 11 is 0. The minimum absolute atomic E-state index is 0.325. The summed E-state index contributed by atoms with van der Waals surface area (Å²) < 4.78 is 28.0. The smallest absolute Gasteiger partial charge is 0.261 e. The molecule has 1 heterocycles. The Kier molecular flexibility index (Phi) is 4.05. The molecule has 6 heteroatoms. The number of aryl methyl sites for hydroxylation is 2. The monoisotopic (exact) mass is 353 g/mol. The Morgan fingerprint density at radius 3 is 2.44 bits per heavy atom. The van der Waals surface area contributed by atoms with Crippen molar-refractivity contribution in [2.75, 3.05) is 4.72 Å². The molecule has 0 saturated heterocycles. The summed E-state index contributed by atoms with van der Waals surface area (Å²) in [4.78, 5) is 7.34. The molecule has 5 nitrogen and oxygen atoms in total. The van der Waals surface area contributed by atoms with Gasteiger partial charge < -0.3 is 4.98 Å². The lowest BCUT2D eigenvalue weighted by atomic mass is 9.92. The second-order valence-corrected chi connectivity index (χ2v) is 7.97. The maximum absolute atomic E-state index is 12.7. The number of hydrogen-bond donors (Lipinski definition) is 2. The normalized spacial score (nSPS) is 14.1. The molecule has 1 aromatic heterocycles. The van der Waals surface area contributed by atoms with Crippen LogP contribution in [0.2, 0.25) is 0 Å². The molecule has 0 aliphatic heterocycles. The highest BCUT2D eigenvalue weighted by molar-refractivity contribution is 7.92. The molecule has 2 N–H and O–H groups in total. The van der Waals surface area contributed by atoms with Gasteiger partial charge in [-0.1, -0.05) is 18.2 Å². The van der Waals surface area contributed by atoms with Crippen molar-refractivity contribution in [1.82, 2.24) is 9.97 Å². The third-order valence-electron chi connectivity index (χ3n) is 4.58. The van der Waals surface area contributed by atoms with Gasteiger partial charge in [-0.25, -0.2) is 13.4 Å². The minimum Gasteiger partial charge on any atom is -0.345 e. The number of benzene rings is 2. The van der Waals surface area contributed by atoms with Gasteiger partial charge in [0.25, 0.3) is 10.0 Å². The molecule has 1 aliphatic carbocycles. The Bertz CT molecular complexity index is 978. The van der Waals surface area contributed by atoms with Crippen LogP contribution in [-0.4, -0.2) is 18.4 Å². The van der Waals surface area contributed by atoms with Gasteiger partial charge in [-0.3, -0.25) is 4.72 Å². The van der Waals surface area contributed by atoms with Gasteiger partial charge >= 0.3 is 0 Å². The summed E-state index contributed by atoms with van der Waals surface area (Å²) in [5.41, 5.74) is 4.82. The molecular weight excluding hydrogens is 334 g/mol. The van der Waals surface area contributed by atoms with Crippen LogP contribution in [0.1, 0.15) is 24.0 Å². The minimum atomic E-state index is -3.58. The summed E-state index contributed by atoms with van der Waals surface area (Å²) in [5.74, 6) is 0. The molecule has 1 aliphatic rings. The molecule has 128 valence electrons. The number of nitrogens with one attached hydrogen (secondary N) is 2. The van der Waals surface area contributed by atoms with E-state index in [2.05, 4.69) is 14.7 Å². The highest BCUT2D eigenvalue weighted by Gasteiger charge is 2.18. The van der Waals surface area contributed by atoms with Crippen molar-refractivity contribution in [3.63, 3.8) is 0 Å². The topological polar surface area (TPSA) is 74.8 Å². The maximum atomic E-state index is 12.7. The van der Waals surface area contributed by atoms with E-state index in [4.69, 9.17) is 0 Å². The van der Waals surface area contributed by atoms with Crippen LogP contribution >= 0.6 is 0 Å². The summed E-state index contributed by atoms with van der Waals surface area (Å²) in [6, 6.07) is 12.7. The van der Waals surface area contributed by atoms with Gasteiger partial charge in [0, 0.05) is 5.69 Å². The Balaban J connectivity index is 1.57. The lowest BCUT2D eigenvalue weighted by Gasteiger charge is -2.17. The fourth-order valence-electron chi connectivity index (χ4n) is 3.22. The zero-order valence-corrected chi connectivity index (χ0v) is 14.5. The van der Waals surface area contributed by atoms with Crippen molar-refractivity contribution in [3.05, 3.63) is 66.1 Å². The molecule has 0 atom stereocenters. The molecule has 0 saturated carbocycles. The van der Waals surface area contributed by atoms with E-state index in [0.29, 0.717) is 10.6 Å². The zero-order chi connectivity index (χ0) is 17.3. The molecule has 0 spiro atoms. The average Bonchev–Trinajstić information content (AvgIpc) is 3.16. The van der Waals surface area contributed by atoms with Crippen LogP contribution in [0.3, 0.4) is 0 Å². The van der Waals surface area contributed by atoms with Gasteiger partial charge in [-0.15, -0.1) is 0 Å².